The Balaban J connectivity index is 1.66. The predicted octanol–water partition coefficient (Wildman–Crippen LogP) is 2.88. The Labute approximate surface area is 169 Å². The number of fused-ring (bicyclic) bond motifs is 5. The third-order valence-electron chi connectivity index (χ3n) is 7.76. The fraction of sp³-hybridized carbons (Fsp3) is 0.609. The van der Waals surface area contributed by atoms with E-state index in [4.69, 9.17) is 4.74 Å². The largest absolute Gasteiger partial charge is 0.457 e. The second kappa shape index (κ2) is 6.73. The minimum absolute atomic E-state index is 0.0230. The predicted molar refractivity (Wildman–Crippen MR) is 103 cm³/mol. The van der Waals surface area contributed by atoms with Crippen molar-refractivity contribution in [1.82, 2.24) is 0 Å². The summed E-state index contributed by atoms with van der Waals surface area (Å²) in [5.74, 6) is -1.28. The van der Waals surface area contributed by atoms with Crippen molar-refractivity contribution < 1.29 is 28.6 Å². The van der Waals surface area contributed by atoms with Crippen LogP contribution in [0.5, 0.6) is 0 Å². The Morgan fingerprint density at radius 3 is 2.76 bits per heavy atom. The number of allylic oxidation sites excluding steroid dienone is 5. The van der Waals surface area contributed by atoms with E-state index in [1.807, 2.05) is 19.9 Å². The van der Waals surface area contributed by atoms with Gasteiger partial charge < -0.3 is 9.84 Å². The molecule has 7 unspecified atom stereocenters. The Morgan fingerprint density at radius 1 is 1.34 bits per heavy atom. The molecule has 0 aromatic heterocycles. The molecule has 7 atom stereocenters. The first-order valence-electron chi connectivity index (χ1n) is 10.2. The van der Waals surface area contributed by atoms with E-state index >= 15 is 4.39 Å². The highest BCUT2D eigenvalue weighted by Crippen LogP contribution is 2.65. The van der Waals surface area contributed by atoms with Crippen molar-refractivity contribution in [2.24, 2.45) is 28.6 Å². The van der Waals surface area contributed by atoms with E-state index in [-0.39, 0.29) is 42.3 Å². The number of hydrogen-bond donors (Lipinski definition) is 1. The monoisotopic (exact) mass is 402 g/mol. The van der Waals surface area contributed by atoms with Crippen molar-refractivity contribution in [3.8, 4) is 0 Å². The van der Waals surface area contributed by atoms with Crippen molar-refractivity contribution in [3.63, 3.8) is 0 Å². The number of aliphatic hydroxyl groups is 1. The molecule has 0 heterocycles. The number of halogens is 1. The quantitative estimate of drug-likeness (QED) is 0.735. The van der Waals surface area contributed by atoms with Crippen molar-refractivity contribution in [3.05, 3.63) is 35.5 Å². The van der Waals surface area contributed by atoms with E-state index in [2.05, 4.69) is 0 Å². The summed E-state index contributed by atoms with van der Waals surface area (Å²) in [6.07, 6.45) is 5.79. The van der Waals surface area contributed by atoms with Gasteiger partial charge in [-0.05, 0) is 48.8 Å². The van der Waals surface area contributed by atoms with Gasteiger partial charge in [-0.25, -0.2) is 4.39 Å². The van der Waals surface area contributed by atoms with Crippen LogP contribution in [0.2, 0.25) is 0 Å². The lowest BCUT2D eigenvalue weighted by Crippen LogP contribution is -2.57. The molecule has 0 aliphatic heterocycles. The minimum Gasteiger partial charge on any atom is -0.457 e. The van der Waals surface area contributed by atoms with Crippen molar-refractivity contribution >= 4 is 17.5 Å². The van der Waals surface area contributed by atoms with Crippen LogP contribution in [0.1, 0.15) is 40.0 Å². The Bertz CT molecular complexity index is 870. The summed E-state index contributed by atoms with van der Waals surface area (Å²) >= 11 is 0. The van der Waals surface area contributed by atoms with Crippen LogP contribution >= 0.6 is 0 Å². The number of aliphatic hydroxyl groups excluding tert-OH is 1. The molecule has 1 N–H and O–H groups in total. The first-order valence-corrected chi connectivity index (χ1v) is 10.2. The van der Waals surface area contributed by atoms with Gasteiger partial charge in [0.25, 0.3) is 0 Å². The van der Waals surface area contributed by atoms with Gasteiger partial charge >= 0.3 is 5.97 Å². The van der Waals surface area contributed by atoms with E-state index in [0.717, 1.165) is 0 Å². The molecular weight excluding hydrogens is 375 g/mol. The molecular formula is C23H27FO5. The molecule has 0 aromatic rings. The van der Waals surface area contributed by atoms with E-state index in [1.165, 1.54) is 19.1 Å². The van der Waals surface area contributed by atoms with Crippen LogP contribution in [-0.4, -0.2) is 41.5 Å². The number of Topliss-reactive ketones (excluding diaryl/α,β-unsaturated/α-hetero) is 1. The minimum atomic E-state index is -1.24. The zero-order valence-electron chi connectivity index (χ0n) is 17.0. The summed E-state index contributed by atoms with van der Waals surface area (Å²) in [5, 5.41) is 11.2. The normalized spacial score (nSPS) is 42.9. The number of ketones is 2. The molecule has 4 aliphatic rings. The second-order valence-corrected chi connectivity index (χ2v) is 9.36. The number of hydrogen-bond acceptors (Lipinski definition) is 5. The van der Waals surface area contributed by atoms with Crippen molar-refractivity contribution in [1.29, 1.82) is 0 Å². The van der Waals surface area contributed by atoms with Crippen LogP contribution in [0.4, 0.5) is 4.39 Å². The molecule has 0 spiro atoms. The molecule has 2 fully saturated rings. The summed E-state index contributed by atoms with van der Waals surface area (Å²) in [6.45, 7) is 4.82. The smallest absolute Gasteiger partial charge is 0.303 e. The summed E-state index contributed by atoms with van der Waals surface area (Å²) in [5.41, 5.74) is -0.242. The van der Waals surface area contributed by atoms with Crippen LogP contribution in [0.25, 0.3) is 0 Å². The number of alkyl halides is 1. The summed E-state index contributed by atoms with van der Waals surface area (Å²) in [4.78, 5) is 35.6. The molecule has 0 aromatic carbocycles. The average molecular weight is 402 g/mol. The Hall–Kier alpha value is -2.08. The SMILES string of the molecule is CC(=O)OCC(=O)C1=CCC2C3CC(F)C4=CC(=O)C=CC4(C)C3C(O)CC12C. The molecule has 2 saturated carbocycles. The Kier molecular flexibility index (Phi) is 4.69. The van der Waals surface area contributed by atoms with Gasteiger partial charge in [0, 0.05) is 29.2 Å². The molecule has 5 nitrogen and oxygen atoms in total. The highest BCUT2D eigenvalue weighted by Gasteiger charge is 2.62. The Morgan fingerprint density at radius 2 is 2.07 bits per heavy atom. The topological polar surface area (TPSA) is 80.7 Å². The maximum atomic E-state index is 15.2. The summed E-state index contributed by atoms with van der Waals surface area (Å²) < 4.78 is 20.1. The van der Waals surface area contributed by atoms with Crippen molar-refractivity contribution in [2.45, 2.75) is 52.3 Å². The third kappa shape index (κ3) is 2.95. The van der Waals surface area contributed by atoms with E-state index in [0.29, 0.717) is 24.0 Å². The lowest BCUT2D eigenvalue weighted by atomic mass is 9.46. The van der Waals surface area contributed by atoms with Gasteiger partial charge in [0.15, 0.2) is 18.2 Å². The lowest BCUT2D eigenvalue weighted by molar-refractivity contribution is -0.146. The van der Waals surface area contributed by atoms with Crippen LogP contribution < -0.4 is 0 Å². The molecule has 6 heteroatoms. The highest BCUT2D eigenvalue weighted by atomic mass is 19.1. The number of ether oxygens (including phenoxy) is 1. The zero-order chi connectivity index (χ0) is 21.1. The van der Waals surface area contributed by atoms with Gasteiger partial charge in [0.2, 0.25) is 0 Å². The van der Waals surface area contributed by atoms with Gasteiger partial charge in [0.05, 0.1) is 6.10 Å². The zero-order valence-corrected chi connectivity index (χ0v) is 17.0. The molecule has 0 bridgehead atoms. The van der Waals surface area contributed by atoms with Crippen LogP contribution in [0, 0.1) is 28.6 Å². The van der Waals surface area contributed by atoms with Gasteiger partial charge in [-0.2, -0.15) is 0 Å². The van der Waals surface area contributed by atoms with E-state index < -0.39 is 29.1 Å². The first-order chi connectivity index (χ1) is 13.6. The summed E-state index contributed by atoms with van der Waals surface area (Å²) in [7, 11) is 0. The second-order valence-electron chi connectivity index (χ2n) is 9.36. The molecule has 0 radical (unpaired) electrons. The van der Waals surface area contributed by atoms with Crippen LogP contribution in [0.3, 0.4) is 0 Å². The maximum absolute atomic E-state index is 15.2. The molecule has 0 amide bonds. The molecule has 4 aliphatic carbocycles. The van der Waals surface area contributed by atoms with E-state index in [9.17, 15) is 19.5 Å². The van der Waals surface area contributed by atoms with Crippen molar-refractivity contribution in [2.75, 3.05) is 6.61 Å². The standard InChI is InChI=1S/C23H27FO5/c1-12(25)29-11-20(28)16-5-4-15-14-9-18(24)17-8-13(26)6-7-22(17,2)21(14)19(27)10-23(15,16)3/h5-8,14-15,18-19,21,27H,4,9-11H2,1-3H3. The average Bonchev–Trinajstić information content (AvgIpc) is 2.97. The molecule has 4 rings (SSSR count). The van der Waals surface area contributed by atoms with Crippen LogP contribution in [0.15, 0.2) is 35.5 Å². The maximum Gasteiger partial charge on any atom is 0.303 e. The number of carbonyl (C=O) groups excluding carboxylic acids is 3. The summed E-state index contributed by atoms with van der Waals surface area (Å²) in [6, 6.07) is 0. The molecule has 0 saturated heterocycles. The highest BCUT2D eigenvalue weighted by molar-refractivity contribution is 6.01. The van der Waals surface area contributed by atoms with Gasteiger partial charge in [-0.15, -0.1) is 0 Å². The van der Waals surface area contributed by atoms with Gasteiger partial charge in [-0.1, -0.05) is 26.0 Å². The fourth-order valence-corrected chi connectivity index (χ4v) is 6.58. The number of rotatable bonds is 3. The lowest BCUT2D eigenvalue weighted by Gasteiger charge is -2.58. The molecule has 29 heavy (non-hydrogen) atoms. The number of esters is 1. The van der Waals surface area contributed by atoms with Crippen LogP contribution in [-0.2, 0) is 19.1 Å². The number of carbonyl (C=O) groups is 3. The molecule has 156 valence electrons. The van der Waals surface area contributed by atoms with Gasteiger partial charge in [-0.3, -0.25) is 14.4 Å². The fourth-order valence-electron chi connectivity index (χ4n) is 6.58. The van der Waals surface area contributed by atoms with Gasteiger partial charge in [0.1, 0.15) is 6.17 Å². The third-order valence-corrected chi connectivity index (χ3v) is 7.76. The first kappa shape index (κ1) is 20.2. The van der Waals surface area contributed by atoms with E-state index in [1.54, 1.807) is 6.08 Å².